The molecule has 12 heteroatoms. The molecule has 3 unspecified atom stereocenters. The number of aromatic amines is 1. The van der Waals surface area contributed by atoms with Crippen LogP contribution in [0, 0.1) is 17.2 Å². The van der Waals surface area contributed by atoms with Gasteiger partial charge in [-0.05, 0) is 85.8 Å². The van der Waals surface area contributed by atoms with Crippen LogP contribution in [0.2, 0.25) is 0 Å². The van der Waals surface area contributed by atoms with Gasteiger partial charge < -0.3 is 15.5 Å². The molecule has 2 aliphatic carbocycles. The Labute approximate surface area is 264 Å². The van der Waals surface area contributed by atoms with Gasteiger partial charge in [-0.1, -0.05) is 39.5 Å². The van der Waals surface area contributed by atoms with Crippen LogP contribution in [0.3, 0.4) is 0 Å². The first-order chi connectivity index (χ1) is 20.8. The summed E-state index contributed by atoms with van der Waals surface area (Å²) in [5, 5.41) is 33.2. The SMILES string of the molecule is C=CSC1=C(C)C(C[C@@H](C)NCC(=O)N2C3CC3CC[C@H]2C#N)(c2nn[nH]n2)c2cc(C(=O)NC)sc2CC1.CC.CC. The second-order valence-corrected chi connectivity index (χ2v) is 12.8. The number of thiophene rings is 1. The zero-order valence-corrected chi connectivity index (χ0v) is 28.1. The van der Waals surface area contributed by atoms with Gasteiger partial charge in [0.1, 0.15) is 6.04 Å². The standard InChI is InChI=1S/C27H34N8O2S2.2C2H6/c1-5-38-21-8-9-22-19(11-23(39-22)25(37)29-4)27(16(21)3,26-31-33-34-32-26)12-15(2)30-14-24(36)35-18(13-28)7-6-17-10-20(17)35;2*1-2/h5,11,15,17-18,20,30H,1,6-10,12,14H2,2-4H3,(H,29,37)(H,31,32,33,34);2*1-2H3/t15-,17?,18+,20?,27?;;/m1../s1. The molecule has 3 N–H and O–H groups in total. The molecule has 3 heterocycles. The van der Waals surface area contributed by atoms with E-state index < -0.39 is 5.41 Å². The highest BCUT2D eigenvalue weighted by Gasteiger charge is 2.50. The van der Waals surface area contributed by atoms with Crippen molar-refractivity contribution < 1.29 is 9.59 Å². The van der Waals surface area contributed by atoms with Crippen molar-refractivity contribution in [3.63, 3.8) is 0 Å². The predicted molar refractivity (Wildman–Crippen MR) is 174 cm³/mol. The third kappa shape index (κ3) is 7.05. The number of hydrogen-bond donors (Lipinski definition) is 3. The van der Waals surface area contributed by atoms with Gasteiger partial charge in [0.25, 0.3) is 5.91 Å². The normalized spacial score (nSPS) is 24.4. The molecule has 2 amide bonds. The van der Waals surface area contributed by atoms with Gasteiger partial charge in [0.05, 0.1) is 22.9 Å². The zero-order chi connectivity index (χ0) is 31.7. The third-order valence-electron chi connectivity index (χ3n) is 8.35. The molecule has 5 rings (SSSR count). The van der Waals surface area contributed by atoms with Gasteiger partial charge in [0, 0.05) is 24.0 Å². The number of fused-ring (bicyclic) bond motifs is 2. The van der Waals surface area contributed by atoms with Gasteiger partial charge in [-0.3, -0.25) is 9.59 Å². The van der Waals surface area contributed by atoms with E-state index in [1.807, 2.05) is 44.1 Å². The Bertz CT molecular complexity index is 1330. The van der Waals surface area contributed by atoms with E-state index in [-0.39, 0.29) is 36.5 Å². The number of thioether (sulfide) groups is 1. The summed E-state index contributed by atoms with van der Waals surface area (Å²) in [5.74, 6) is 0.931. The highest BCUT2D eigenvalue weighted by atomic mass is 32.2. The minimum atomic E-state index is -0.760. The van der Waals surface area contributed by atoms with E-state index >= 15 is 0 Å². The first-order valence-corrected chi connectivity index (χ1v) is 17.0. The van der Waals surface area contributed by atoms with Crippen molar-refractivity contribution in [2.45, 2.75) is 104 Å². The average molecular weight is 627 g/mol. The van der Waals surface area contributed by atoms with Crippen molar-refractivity contribution in [2.24, 2.45) is 5.92 Å². The summed E-state index contributed by atoms with van der Waals surface area (Å²) < 4.78 is 0. The summed E-state index contributed by atoms with van der Waals surface area (Å²) in [6.45, 7) is 16.3. The summed E-state index contributed by atoms with van der Waals surface area (Å²) in [5.41, 5.74) is 1.34. The fourth-order valence-electron chi connectivity index (χ4n) is 6.29. The molecule has 10 nitrogen and oxygen atoms in total. The number of aromatic nitrogens is 4. The average Bonchev–Trinajstić information content (AvgIpc) is 3.42. The highest BCUT2D eigenvalue weighted by Crippen LogP contribution is 2.51. The Kier molecular flexibility index (Phi) is 12.5. The van der Waals surface area contributed by atoms with Gasteiger partial charge in [-0.15, -0.1) is 33.3 Å². The number of nitrogens with zero attached hydrogens (tertiary/aromatic N) is 5. The molecular formula is C31H46N8O2S2. The number of nitrogens with one attached hydrogen (secondary N) is 3. The zero-order valence-electron chi connectivity index (χ0n) is 26.5. The highest BCUT2D eigenvalue weighted by molar-refractivity contribution is 8.05. The van der Waals surface area contributed by atoms with Crippen LogP contribution >= 0.6 is 23.1 Å². The van der Waals surface area contributed by atoms with Gasteiger partial charge in [0.2, 0.25) is 5.91 Å². The smallest absolute Gasteiger partial charge is 0.261 e. The van der Waals surface area contributed by atoms with Gasteiger partial charge in [-0.25, -0.2) is 0 Å². The second-order valence-electron chi connectivity index (χ2n) is 10.6. The van der Waals surface area contributed by atoms with Crippen LogP contribution in [0.5, 0.6) is 0 Å². The van der Waals surface area contributed by atoms with Crippen molar-refractivity contribution in [1.82, 2.24) is 36.2 Å². The maximum atomic E-state index is 13.3. The molecule has 2 aromatic rings. The van der Waals surface area contributed by atoms with Crippen LogP contribution in [0.4, 0.5) is 0 Å². The number of hydrogen-bond acceptors (Lipinski definition) is 9. The predicted octanol–water partition coefficient (Wildman–Crippen LogP) is 5.33. The number of likely N-dealkylation sites (tertiary alicyclic amines) is 1. The Morgan fingerprint density at radius 3 is 2.70 bits per heavy atom. The quantitative estimate of drug-likeness (QED) is 0.340. The van der Waals surface area contributed by atoms with E-state index in [0.29, 0.717) is 23.0 Å². The van der Waals surface area contributed by atoms with E-state index in [1.54, 1.807) is 18.8 Å². The van der Waals surface area contributed by atoms with E-state index in [2.05, 4.69) is 57.8 Å². The number of aryl methyl sites for hydroxylation is 1. The fraction of sp³-hybridized carbons (Fsp3) is 0.613. The van der Waals surface area contributed by atoms with E-state index in [0.717, 1.165) is 48.1 Å². The second kappa shape index (κ2) is 15.6. The molecule has 0 radical (unpaired) electrons. The lowest BCUT2D eigenvalue weighted by atomic mass is 9.70. The summed E-state index contributed by atoms with van der Waals surface area (Å²) in [6.07, 6.45) is 4.94. The number of carbonyl (C=O) groups excluding carboxylic acids is 2. The van der Waals surface area contributed by atoms with Crippen LogP contribution in [-0.4, -0.2) is 69.1 Å². The number of H-pyrrole nitrogens is 1. The Morgan fingerprint density at radius 1 is 1.33 bits per heavy atom. The summed E-state index contributed by atoms with van der Waals surface area (Å²) >= 11 is 3.11. The molecular weight excluding hydrogens is 581 g/mol. The molecule has 1 saturated heterocycles. The molecule has 1 saturated carbocycles. The monoisotopic (exact) mass is 626 g/mol. The first kappa shape index (κ1) is 34.5. The summed E-state index contributed by atoms with van der Waals surface area (Å²) in [6, 6.07) is 4.05. The molecule has 3 aliphatic rings. The number of amides is 2. The number of rotatable bonds is 9. The maximum Gasteiger partial charge on any atom is 0.261 e. The van der Waals surface area contributed by atoms with E-state index in [4.69, 9.17) is 0 Å². The molecule has 234 valence electrons. The van der Waals surface area contributed by atoms with Crippen molar-refractivity contribution in [2.75, 3.05) is 13.6 Å². The van der Waals surface area contributed by atoms with Gasteiger partial charge in [-0.2, -0.15) is 10.5 Å². The van der Waals surface area contributed by atoms with Crippen LogP contribution in [0.1, 0.15) is 99.6 Å². The van der Waals surface area contributed by atoms with Crippen LogP contribution in [0.15, 0.2) is 28.5 Å². The molecule has 2 fully saturated rings. The molecule has 43 heavy (non-hydrogen) atoms. The maximum absolute atomic E-state index is 13.3. The minimum Gasteiger partial charge on any atom is -0.354 e. The summed E-state index contributed by atoms with van der Waals surface area (Å²) in [4.78, 5) is 30.7. The summed E-state index contributed by atoms with van der Waals surface area (Å²) in [7, 11) is 1.63. The topological polar surface area (TPSA) is 140 Å². The lowest BCUT2D eigenvalue weighted by molar-refractivity contribution is -0.133. The lowest BCUT2D eigenvalue weighted by Gasteiger charge is -2.36. The van der Waals surface area contributed by atoms with Crippen molar-refractivity contribution in [1.29, 1.82) is 5.26 Å². The Hall–Kier alpha value is -3.01. The van der Waals surface area contributed by atoms with Crippen LogP contribution in [0.25, 0.3) is 0 Å². The third-order valence-corrected chi connectivity index (χ3v) is 10.5. The molecule has 0 bridgehead atoms. The first-order valence-electron chi connectivity index (χ1n) is 15.3. The van der Waals surface area contributed by atoms with Gasteiger partial charge >= 0.3 is 0 Å². The van der Waals surface area contributed by atoms with Gasteiger partial charge in [0.15, 0.2) is 5.82 Å². The molecule has 5 atom stereocenters. The van der Waals surface area contributed by atoms with Crippen LogP contribution < -0.4 is 10.6 Å². The Balaban J connectivity index is 0.00000121. The number of tetrazole rings is 1. The molecule has 2 aromatic heterocycles. The minimum absolute atomic E-state index is 0.0247. The lowest BCUT2D eigenvalue weighted by Crippen LogP contribution is -2.49. The number of allylic oxidation sites excluding steroid dienone is 2. The molecule has 0 aromatic carbocycles. The number of carbonyl (C=O) groups is 2. The Morgan fingerprint density at radius 2 is 2.07 bits per heavy atom. The molecule has 1 aliphatic heterocycles. The largest absolute Gasteiger partial charge is 0.354 e. The van der Waals surface area contributed by atoms with Crippen molar-refractivity contribution in [3.8, 4) is 6.07 Å². The number of piperidine rings is 1. The van der Waals surface area contributed by atoms with E-state index in [9.17, 15) is 14.9 Å². The molecule has 0 spiro atoms. The van der Waals surface area contributed by atoms with E-state index in [1.165, 1.54) is 16.2 Å². The van der Waals surface area contributed by atoms with Crippen molar-refractivity contribution in [3.05, 3.63) is 49.7 Å². The van der Waals surface area contributed by atoms with Crippen LogP contribution in [-0.2, 0) is 16.6 Å². The van der Waals surface area contributed by atoms with Crippen molar-refractivity contribution >= 4 is 34.9 Å². The number of nitriles is 1. The fourth-order valence-corrected chi connectivity index (χ4v) is 8.25.